The Hall–Kier alpha value is -3.17. The number of nitrogens with one attached hydrogen (secondary N) is 1. The summed E-state index contributed by atoms with van der Waals surface area (Å²) in [6.45, 7) is 4.54. The lowest BCUT2D eigenvalue weighted by molar-refractivity contribution is 0.0695. The highest BCUT2D eigenvalue weighted by Gasteiger charge is 2.23. The minimum absolute atomic E-state index is 0.120. The molecule has 1 aliphatic heterocycles. The molecule has 10 nitrogen and oxygen atoms in total. The first kappa shape index (κ1) is 17.6. The fraction of sp³-hybridized carbons (Fsp3) is 0.438. The lowest BCUT2D eigenvalue weighted by Gasteiger charge is -2.34. The maximum atomic E-state index is 12.3. The van der Waals surface area contributed by atoms with Crippen molar-refractivity contribution >= 4 is 29.0 Å². The summed E-state index contributed by atoms with van der Waals surface area (Å²) in [5.74, 6) is -0.813. The second-order valence-electron chi connectivity index (χ2n) is 5.90. The molecular weight excluding hydrogens is 340 g/mol. The third-order valence-electron chi connectivity index (χ3n) is 4.44. The van der Waals surface area contributed by atoms with Crippen LogP contribution in [0.3, 0.4) is 0 Å². The Morgan fingerprint density at radius 3 is 2.54 bits per heavy atom. The second kappa shape index (κ2) is 6.98. The smallest absolute Gasteiger partial charge is 0.341 e. The third-order valence-corrected chi connectivity index (χ3v) is 4.44. The van der Waals surface area contributed by atoms with Crippen LogP contribution >= 0.6 is 0 Å². The maximum absolute atomic E-state index is 12.3. The minimum Gasteiger partial charge on any atom is -0.477 e. The number of carboxylic acid groups (broad SMARTS) is 1. The average molecular weight is 360 g/mol. The number of rotatable bonds is 3. The molecule has 1 fully saturated rings. The first-order valence-corrected chi connectivity index (χ1v) is 8.31. The number of carbonyl (C=O) groups excluding carboxylic acids is 1. The van der Waals surface area contributed by atoms with E-state index in [1.807, 2.05) is 11.8 Å². The zero-order chi connectivity index (χ0) is 18.8. The molecule has 0 saturated carbocycles. The average Bonchev–Trinajstić information content (AvgIpc) is 2.67. The highest BCUT2D eigenvalue weighted by molar-refractivity contribution is 5.91. The number of aromatic nitrogens is 3. The molecule has 0 bridgehead atoms. The Morgan fingerprint density at radius 2 is 1.96 bits per heavy atom. The van der Waals surface area contributed by atoms with Gasteiger partial charge in [0.1, 0.15) is 11.2 Å². The molecule has 3 rings (SSSR count). The van der Waals surface area contributed by atoms with Crippen molar-refractivity contribution < 1.29 is 14.7 Å². The predicted octanol–water partition coefficient (Wildman–Crippen LogP) is -0.0290. The molecule has 3 heterocycles. The van der Waals surface area contributed by atoms with Gasteiger partial charge < -0.3 is 24.8 Å². The monoisotopic (exact) mass is 360 g/mol. The van der Waals surface area contributed by atoms with Crippen LogP contribution in [0.2, 0.25) is 0 Å². The Kier molecular flexibility index (Phi) is 4.74. The molecule has 0 spiro atoms. The first-order valence-electron chi connectivity index (χ1n) is 8.31. The van der Waals surface area contributed by atoms with Crippen molar-refractivity contribution in [3.8, 4) is 0 Å². The number of pyridine rings is 1. The summed E-state index contributed by atoms with van der Waals surface area (Å²) in [4.78, 5) is 47.6. The predicted molar refractivity (Wildman–Crippen MR) is 94.7 cm³/mol. The number of hydrogen-bond donors (Lipinski definition) is 2. The van der Waals surface area contributed by atoms with E-state index in [0.29, 0.717) is 44.3 Å². The lowest BCUT2D eigenvalue weighted by Crippen LogP contribution is -2.51. The number of fused-ring (bicyclic) bond motifs is 1. The van der Waals surface area contributed by atoms with Gasteiger partial charge in [-0.3, -0.25) is 4.79 Å². The van der Waals surface area contributed by atoms with Gasteiger partial charge in [0.05, 0.1) is 5.39 Å². The molecule has 0 aromatic carbocycles. The molecule has 0 unspecified atom stereocenters. The molecule has 2 N–H and O–H groups in total. The zero-order valence-corrected chi connectivity index (χ0v) is 14.6. The van der Waals surface area contributed by atoms with Gasteiger partial charge in [-0.25, -0.2) is 14.6 Å². The van der Waals surface area contributed by atoms with E-state index in [1.54, 1.807) is 16.5 Å². The molecule has 26 heavy (non-hydrogen) atoms. The van der Waals surface area contributed by atoms with Crippen LogP contribution in [0.5, 0.6) is 0 Å². The van der Waals surface area contributed by atoms with Gasteiger partial charge in [0.25, 0.3) is 0 Å². The van der Waals surface area contributed by atoms with Gasteiger partial charge in [0, 0.05) is 52.2 Å². The summed E-state index contributed by atoms with van der Waals surface area (Å²) in [5, 5.41) is 12.0. The number of aryl methyl sites for hydroxylation is 1. The van der Waals surface area contributed by atoms with Gasteiger partial charge in [-0.1, -0.05) is 0 Å². The number of anilines is 1. The van der Waals surface area contributed by atoms with E-state index >= 15 is 0 Å². The Bertz CT molecular complexity index is 917. The normalized spacial score (nSPS) is 14.5. The molecule has 1 aliphatic rings. The van der Waals surface area contributed by atoms with Crippen molar-refractivity contribution in [3.05, 3.63) is 28.2 Å². The molecule has 0 radical (unpaired) electrons. The fourth-order valence-corrected chi connectivity index (χ4v) is 2.98. The van der Waals surface area contributed by atoms with Crippen LogP contribution in [-0.4, -0.2) is 69.8 Å². The highest BCUT2D eigenvalue weighted by Crippen LogP contribution is 2.16. The molecule has 0 atom stereocenters. The summed E-state index contributed by atoms with van der Waals surface area (Å²) in [5.41, 5.74) is -0.482. The Labute approximate surface area is 149 Å². The largest absolute Gasteiger partial charge is 0.477 e. The van der Waals surface area contributed by atoms with Crippen LogP contribution in [0.15, 0.2) is 17.2 Å². The number of hydrogen-bond acceptors (Lipinski definition) is 6. The highest BCUT2D eigenvalue weighted by atomic mass is 16.4. The van der Waals surface area contributed by atoms with Crippen molar-refractivity contribution in [2.75, 3.05) is 38.1 Å². The quantitative estimate of drug-likeness (QED) is 0.788. The van der Waals surface area contributed by atoms with Crippen LogP contribution in [0.1, 0.15) is 17.3 Å². The van der Waals surface area contributed by atoms with E-state index < -0.39 is 11.4 Å². The summed E-state index contributed by atoms with van der Waals surface area (Å²) in [7, 11) is 1.59. The molecule has 2 aromatic heterocycles. The molecule has 10 heteroatoms. The minimum atomic E-state index is -1.27. The molecule has 2 amide bonds. The standard InChI is InChI=1S/C16H20N6O4/c1-3-20-9-11(14(24)25)12(23)10-8-18-15(19-13(10)20)21-4-6-22(7-5-21)16(26)17-2/h8-9H,3-7H2,1-2H3,(H,17,26)(H,24,25). The number of aromatic carboxylic acids is 1. The fourth-order valence-electron chi connectivity index (χ4n) is 2.98. The number of urea groups is 1. The van der Waals surface area contributed by atoms with Gasteiger partial charge in [0.2, 0.25) is 11.4 Å². The van der Waals surface area contributed by atoms with Gasteiger partial charge in [-0.2, -0.15) is 4.98 Å². The topological polar surface area (TPSA) is 121 Å². The van der Waals surface area contributed by atoms with Crippen molar-refractivity contribution in [2.45, 2.75) is 13.5 Å². The van der Waals surface area contributed by atoms with Crippen LogP contribution in [0.4, 0.5) is 10.7 Å². The van der Waals surface area contributed by atoms with Gasteiger partial charge >= 0.3 is 12.0 Å². The SMILES string of the molecule is CCn1cc(C(=O)O)c(=O)c2cnc(N3CCN(C(=O)NC)CC3)nc21. The number of carbonyl (C=O) groups is 2. The van der Waals surface area contributed by atoms with E-state index in [2.05, 4.69) is 15.3 Å². The second-order valence-corrected chi connectivity index (χ2v) is 5.90. The molecule has 138 valence electrons. The van der Waals surface area contributed by atoms with Gasteiger partial charge in [-0.15, -0.1) is 0 Å². The van der Waals surface area contributed by atoms with E-state index in [9.17, 15) is 19.5 Å². The van der Waals surface area contributed by atoms with E-state index in [4.69, 9.17) is 0 Å². The Morgan fingerprint density at radius 1 is 1.27 bits per heavy atom. The molecule has 0 aliphatic carbocycles. The van der Waals surface area contributed by atoms with Crippen LogP contribution in [0, 0.1) is 0 Å². The van der Waals surface area contributed by atoms with Crippen molar-refractivity contribution in [1.82, 2.24) is 24.8 Å². The van der Waals surface area contributed by atoms with E-state index in [-0.39, 0.29) is 17.0 Å². The summed E-state index contributed by atoms with van der Waals surface area (Å²) >= 11 is 0. The molecule has 2 aromatic rings. The molecule has 1 saturated heterocycles. The van der Waals surface area contributed by atoms with Gasteiger partial charge in [0.15, 0.2) is 0 Å². The first-order chi connectivity index (χ1) is 12.5. The van der Waals surface area contributed by atoms with Gasteiger partial charge in [-0.05, 0) is 6.92 Å². The number of carboxylic acids is 1. The third kappa shape index (κ3) is 3.05. The number of nitrogens with zero attached hydrogens (tertiary/aromatic N) is 5. The lowest BCUT2D eigenvalue weighted by atomic mass is 10.2. The summed E-state index contributed by atoms with van der Waals surface area (Å²) in [6.07, 6.45) is 2.69. The van der Waals surface area contributed by atoms with Crippen molar-refractivity contribution in [3.63, 3.8) is 0 Å². The number of piperazine rings is 1. The van der Waals surface area contributed by atoms with E-state index in [1.165, 1.54) is 12.4 Å². The summed E-state index contributed by atoms with van der Waals surface area (Å²) in [6, 6.07) is -0.120. The van der Waals surface area contributed by atoms with Crippen molar-refractivity contribution in [1.29, 1.82) is 0 Å². The maximum Gasteiger partial charge on any atom is 0.341 e. The van der Waals surface area contributed by atoms with E-state index in [0.717, 1.165) is 0 Å². The van der Waals surface area contributed by atoms with Crippen molar-refractivity contribution in [2.24, 2.45) is 0 Å². The Balaban J connectivity index is 1.95. The van der Waals surface area contributed by atoms with Crippen LogP contribution < -0.4 is 15.6 Å². The zero-order valence-electron chi connectivity index (χ0n) is 14.6. The summed E-state index contributed by atoms with van der Waals surface area (Å²) < 4.78 is 1.63. The molecular formula is C16H20N6O4. The van der Waals surface area contributed by atoms with Crippen LogP contribution in [-0.2, 0) is 6.54 Å². The number of amides is 2. The van der Waals surface area contributed by atoms with Crippen LogP contribution in [0.25, 0.3) is 11.0 Å².